The number of aliphatic hydroxyl groups excluding tert-OH is 1. The van der Waals surface area contributed by atoms with E-state index in [4.69, 9.17) is 37.3 Å². The lowest BCUT2D eigenvalue weighted by atomic mass is 10.1. The number of para-hydroxylation sites is 2. The number of hydrogen-bond donors (Lipinski definition) is 4. The first kappa shape index (κ1) is 50.8. The zero-order chi connectivity index (χ0) is 41.9. The van der Waals surface area contributed by atoms with Crippen LogP contribution in [0.15, 0.2) is 36.4 Å². The maximum absolute atomic E-state index is 11.6. The molecule has 2 atom stereocenters. The summed E-state index contributed by atoms with van der Waals surface area (Å²) >= 11 is 0. The predicted octanol–water partition coefficient (Wildman–Crippen LogP) is 6.83. The van der Waals surface area contributed by atoms with Crippen molar-refractivity contribution in [2.24, 2.45) is 5.73 Å². The second-order valence-electron chi connectivity index (χ2n) is 10.9. The number of nitrogens with two attached hydrogens (primary N) is 1. The number of unbranched alkanes of at least 4 members (excludes halogenated alkanes) is 1. The number of aliphatic hydroxyl groups is 1. The second-order valence-corrected chi connectivity index (χ2v) is 10.9. The van der Waals surface area contributed by atoms with E-state index in [1.165, 1.54) is 7.40 Å². The van der Waals surface area contributed by atoms with Crippen molar-refractivity contribution in [1.82, 2.24) is 10.6 Å². The van der Waals surface area contributed by atoms with E-state index in [2.05, 4.69) is 15.4 Å². The molecule has 0 bridgehead atoms. The average Bonchev–Trinajstić information content (AvgIpc) is 3.12. The van der Waals surface area contributed by atoms with E-state index in [1.807, 2.05) is 77.9 Å². The number of nitrogens with one attached hydrogen (secondary N) is 2. The van der Waals surface area contributed by atoms with Crippen LogP contribution in [0.4, 0.5) is 9.59 Å². The maximum atomic E-state index is 11.6. The zero-order valence-corrected chi connectivity index (χ0v) is 34.0. The van der Waals surface area contributed by atoms with Crippen LogP contribution in [0.1, 0.15) is 92.7 Å². The van der Waals surface area contributed by atoms with Gasteiger partial charge in [-0.15, -0.1) is 12.4 Å². The van der Waals surface area contributed by atoms with Gasteiger partial charge in [0.15, 0.2) is 0 Å². The van der Waals surface area contributed by atoms with Crippen LogP contribution in [0.5, 0.6) is 11.5 Å². The largest absolute Gasteiger partial charge is 0.491 e. The molecule has 2 aromatic rings. The average molecular weight is 779 g/mol. The zero-order valence-electron chi connectivity index (χ0n) is 35.2. The summed E-state index contributed by atoms with van der Waals surface area (Å²) in [4.78, 5) is 45.5. The van der Waals surface area contributed by atoms with Crippen LogP contribution in [0, 0.1) is 27.7 Å². The van der Waals surface area contributed by atoms with Crippen LogP contribution in [0.25, 0.3) is 0 Å². The Balaban J connectivity index is -0.000000400. The summed E-state index contributed by atoms with van der Waals surface area (Å²) < 4.78 is 42.5. The molecule has 0 saturated carbocycles. The lowest BCUT2D eigenvalue weighted by Crippen LogP contribution is -2.37. The van der Waals surface area contributed by atoms with E-state index in [9.17, 15) is 19.2 Å². The van der Waals surface area contributed by atoms with Crippen molar-refractivity contribution < 1.29 is 55.4 Å². The molecule has 0 aliphatic carbocycles. The van der Waals surface area contributed by atoms with Gasteiger partial charge in [-0.2, -0.15) is 0 Å². The number of esters is 2. The predicted molar refractivity (Wildman–Crippen MR) is 210 cm³/mol. The van der Waals surface area contributed by atoms with Crippen molar-refractivity contribution in [3.8, 4) is 11.5 Å². The van der Waals surface area contributed by atoms with Gasteiger partial charge in [0.1, 0.15) is 24.7 Å². The number of halogens is 1. The smallest absolute Gasteiger partial charge is 0.410 e. The molecule has 2 rings (SSSR count). The first-order chi connectivity index (χ1) is 25.8. The number of rotatable bonds is 17. The van der Waals surface area contributed by atoms with Crippen LogP contribution in [-0.2, 0) is 28.5 Å². The summed E-state index contributed by atoms with van der Waals surface area (Å²) in [6, 6.07) is 11.3. The van der Waals surface area contributed by atoms with Gasteiger partial charge in [-0.25, -0.2) is 9.59 Å². The van der Waals surface area contributed by atoms with E-state index in [0.29, 0.717) is 26.5 Å². The first-order valence-corrected chi connectivity index (χ1v) is 16.8. The molecule has 0 heterocycles. The number of carbonyl (C=O) groups is 4. The normalized spacial score (nSPS) is 10.8. The van der Waals surface area contributed by atoms with Crippen LogP contribution in [-0.4, -0.2) is 81.8 Å². The van der Waals surface area contributed by atoms with Crippen LogP contribution < -0.4 is 25.8 Å². The molecule has 14 nitrogen and oxygen atoms in total. The number of ether oxygens (including phenoxy) is 6. The molecule has 0 radical (unpaired) electrons. The van der Waals surface area contributed by atoms with Gasteiger partial charge < -0.3 is 49.9 Å². The van der Waals surface area contributed by atoms with Crippen LogP contribution in [0.2, 0.25) is 0 Å². The lowest BCUT2D eigenvalue weighted by molar-refractivity contribution is -0.152. The summed E-state index contributed by atoms with van der Waals surface area (Å²) in [5.74, 6) is 0.761. The van der Waals surface area contributed by atoms with Crippen molar-refractivity contribution in [1.29, 1.82) is 0 Å². The third kappa shape index (κ3) is 27.1. The van der Waals surface area contributed by atoms with Gasteiger partial charge >= 0.3 is 24.1 Å². The molecule has 0 saturated heterocycles. The summed E-state index contributed by atoms with van der Waals surface area (Å²) in [5.41, 5.74) is 9.35. The lowest BCUT2D eigenvalue weighted by Gasteiger charge is -2.17. The van der Waals surface area contributed by atoms with E-state index < -0.39 is 24.9 Å². The van der Waals surface area contributed by atoms with E-state index >= 15 is 0 Å². The van der Waals surface area contributed by atoms with Crippen molar-refractivity contribution in [2.75, 3.05) is 40.5 Å². The minimum atomic E-state index is -0.678. The Hall–Kier alpha value is -4.27. The molecule has 0 fully saturated rings. The highest BCUT2D eigenvalue weighted by molar-refractivity contribution is 5.85. The van der Waals surface area contributed by atoms with E-state index in [-0.39, 0.29) is 50.2 Å². The minimum absolute atomic E-state index is 0. The van der Waals surface area contributed by atoms with Crippen molar-refractivity contribution >= 4 is 36.5 Å². The molecule has 2 aromatic carbocycles. The molecule has 53 heavy (non-hydrogen) atoms. The third-order valence-corrected chi connectivity index (χ3v) is 6.40. The molecule has 15 heteroatoms. The fourth-order valence-corrected chi connectivity index (χ4v) is 3.92. The molecule has 2 amide bonds. The molecular weight excluding hydrogens is 710 g/mol. The van der Waals surface area contributed by atoms with Gasteiger partial charge in [0.2, 0.25) is 13.6 Å². The quantitative estimate of drug-likeness (QED) is 0.0968. The Bertz CT molecular complexity index is 1270. The second kappa shape index (κ2) is 34.8. The van der Waals surface area contributed by atoms with Gasteiger partial charge in [0.25, 0.3) is 0 Å². The summed E-state index contributed by atoms with van der Waals surface area (Å²) in [5, 5.41) is 12.2. The minimum Gasteiger partial charge on any atom is -0.491 e. The monoisotopic (exact) mass is 778 g/mol. The van der Waals surface area contributed by atoms with Gasteiger partial charge in [-0.1, -0.05) is 71.0 Å². The Morgan fingerprint density at radius 2 is 1.11 bits per heavy atom. The summed E-state index contributed by atoms with van der Waals surface area (Å²) in [7, 11) is 2.25. The maximum Gasteiger partial charge on any atom is 0.410 e. The molecule has 306 valence electrons. The highest BCUT2D eigenvalue weighted by Gasteiger charge is 2.13. The summed E-state index contributed by atoms with van der Waals surface area (Å²) in [6.45, 7) is 15.7. The first-order valence-electron chi connectivity index (χ1n) is 18.5. The van der Waals surface area contributed by atoms with Crippen molar-refractivity contribution in [3.05, 3.63) is 58.7 Å². The fraction of sp³-hybridized carbons (Fsp3) is 0.579. The third-order valence-electron chi connectivity index (χ3n) is 6.40. The number of benzene rings is 2. The SMILES string of the molecule is CCCCC(=O)OCOC(=O)NC(C)COc1c(C)cccc1C.CO.Cc1cccc(C)c1OCC(C)NC(=O)OCOC(=O)CCN.Cl.[2H]CC.[3H]C. The van der Waals surface area contributed by atoms with Gasteiger partial charge in [-0.05, 0) is 70.2 Å². The fourth-order valence-electron chi connectivity index (χ4n) is 3.92. The van der Waals surface area contributed by atoms with E-state index in [0.717, 1.165) is 53.7 Å². The number of carbonyl (C=O) groups excluding carboxylic acids is 4. The topological polar surface area (TPSA) is 194 Å². The Kier molecular flexibility index (Phi) is 33.4. The number of hydrogen-bond acceptors (Lipinski definition) is 12. The standard InChI is InChI=1S/C18H27NO5.C16H24N2O5.C2H6.CH4O.CH4.ClH/c1-5-6-10-16(20)23-12-24-18(21)19-15(4)11-22-17-13(2)8-7-9-14(17)3;1-11-5-4-6-12(2)15(11)21-9-13(3)18-16(20)23-10-22-14(19)7-8-17;2*1-2;;/h7-9,15H,5-6,10-12H2,1-4H3,(H,19,21);4-6,13H,7-10,17H2,1-3H3,(H,18,20);1-2H3;2H,1H3;1H4;1H/i;;1D;;1T;. The van der Waals surface area contributed by atoms with Crippen LogP contribution >= 0.6 is 12.4 Å². The Morgan fingerprint density at radius 1 is 0.774 bits per heavy atom. The number of aryl methyl sites for hydroxylation is 4. The molecule has 0 aliphatic rings. The van der Waals surface area contributed by atoms with Crippen molar-refractivity contribution in [3.63, 3.8) is 0 Å². The highest BCUT2D eigenvalue weighted by Crippen LogP contribution is 2.23. The van der Waals surface area contributed by atoms with Gasteiger partial charge in [0, 0.05) is 22.8 Å². The molecule has 0 aromatic heterocycles. The molecule has 0 spiro atoms. The van der Waals surface area contributed by atoms with Crippen molar-refractivity contribution in [2.45, 2.75) is 107 Å². The highest BCUT2D eigenvalue weighted by atomic mass is 35.5. The Morgan fingerprint density at radius 3 is 1.43 bits per heavy atom. The summed E-state index contributed by atoms with van der Waals surface area (Å²) in [6.07, 6.45) is 0.775. The number of amides is 2. The van der Waals surface area contributed by atoms with Gasteiger partial charge in [0.05, 0.1) is 18.5 Å². The Labute approximate surface area is 326 Å². The molecule has 5 N–H and O–H groups in total. The molecule has 2 unspecified atom stereocenters. The van der Waals surface area contributed by atoms with Crippen LogP contribution in [0.3, 0.4) is 0 Å². The van der Waals surface area contributed by atoms with Gasteiger partial charge in [-0.3, -0.25) is 9.59 Å². The molecular formula is C38H66ClN3O11. The molecule has 0 aliphatic heterocycles. The van der Waals surface area contributed by atoms with E-state index in [1.54, 1.807) is 13.8 Å². The number of alkyl carbamates (subject to hydrolysis) is 2.